The van der Waals surface area contributed by atoms with Gasteiger partial charge in [-0.3, -0.25) is 28.2 Å². The molecular formula is C20H39N3O24P6. The molecule has 0 spiro atoms. The molecular weight excluding hydrogens is 852 g/mol. The SMILES string of the molecule is CCCC(=O)NCCCCCCOP(=O)(O)OP(=O)(O)OP(=O)(O)OP(=O)(O)OP(=O)(O)OP(=O)(O)OC[C@@H]1O[C@H](n2cc(C)c(=O)[nH]c2=O)CC1O. The Hall–Kier alpha value is -1.07. The Balaban J connectivity index is 1.86. The Kier molecular flexibility index (Phi) is 18.0. The van der Waals surface area contributed by atoms with Crippen LogP contribution in [0, 0.1) is 6.92 Å². The van der Waals surface area contributed by atoms with Crippen LogP contribution in [0.5, 0.6) is 0 Å². The number of ether oxygens (including phenoxy) is 1. The lowest BCUT2D eigenvalue weighted by molar-refractivity contribution is -0.121. The largest absolute Gasteiger partial charge is 0.490 e. The number of phosphoric ester groups is 2. The van der Waals surface area contributed by atoms with Crippen LogP contribution in [-0.2, 0) is 67.5 Å². The van der Waals surface area contributed by atoms with Gasteiger partial charge in [-0.05, 0) is 26.2 Å². The predicted octanol–water partition coefficient (Wildman–Crippen LogP) is 1.69. The molecule has 1 aliphatic heterocycles. The second kappa shape index (κ2) is 19.9. The summed E-state index contributed by atoms with van der Waals surface area (Å²) in [5.74, 6) is -0.120. The van der Waals surface area contributed by atoms with Gasteiger partial charge in [-0.15, -0.1) is 0 Å². The molecule has 0 bridgehead atoms. The number of aromatic amines is 1. The van der Waals surface area contributed by atoms with Gasteiger partial charge >= 0.3 is 52.6 Å². The van der Waals surface area contributed by atoms with Gasteiger partial charge in [0.2, 0.25) is 5.91 Å². The van der Waals surface area contributed by atoms with Gasteiger partial charge in [-0.2, -0.15) is 21.6 Å². The highest BCUT2D eigenvalue weighted by Crippen LogP contribution is 2.75. The number of aliphatic hydroxyl groups is 1. The highest BCUT2D eigenvalue weighted by atomic mass is 31.3. The van der Waals surface area contributed by atoms with Gasteiger partial charge in [0.05, 0.1) is 19.3 Å². The van der Waals surface area contributed by atoms with Gasteiger partial charge in [0.15, 0.2) is 0 Å². The van der Waals surface area contributed by atoms with E-state index in [4.69, 9.17) is 4.74 Å². The van der Waals surface area contributed by atoms with Crippen molar-refractivity contribution in [3.8, 4) is 0 Å². The third-order valence-electron chi connectivity index (χ3n) is 6.22. The van der Waals surface area contributed by atoms with E-state index in [9.17, 15) is 76.2 Å². The average Bonchev–Trinajstić information content (AvgIpc) is 3.32. The van der Waals surface area contributed by atoms with Gasteiger partial charge in [0.1, 0.15) is 12.3 Å². The normalized spacial score (nSPS) is 24.5. The number of carbonyl (C=O) groups is 1. The molecule has 9 N–H and O–H groups in total. The fourth-order valence-corrected chi connectivity index (χ4v) is 11.9. The van der Waals surface area contributed by atoms with Crippen LogP contribution in [0.25, 0.3) is 0 Å². The lowest BCUT2D eigenvalue weighted by atomic mass is 10.2. The first-order valence-corrected chi connectivity index (χ1v) is 23.9. The summed E-state index contributed by atoms with van der Waals surface area (Å²) in [5.41, 5.74) is -1.54. The molecule has 9 atom stereocenters. The van der Waals surface area contributed by atoms with E-state index in [1.54, 1.807) is 0 Å². The molecule has 33 heteroatoms. The summed E-state index contributed by atoms with van der Waals surface area (Å²) in [7, 11) is -36.7. The van der Waals surface area contributed by atoms with Gasteiger partial charge in [-0.25, -0.2) is 32.2 Å². The molecule has 0 aliphatic carbocycles. The number of hydrogen-bond donors (Lipinski definition) is 9. The number of carbonyl (C=O) groups excluding carboxylic acids is 1. The molecule has 2 rings (SSSR count). The number of H-pyrrole nitrogens is 1. The van der Waals surface area contributed by atoms with Crippen molar-refractivity contribution in [1.29, 1.82) is 0 Å². The molecule has 27 nitrogen and oxygen atoms in total. The lowest BCUT2D eigenvalue weighted by Gasteiger charge is -2.21. The summed E-state index contributed by atoms with van der Waals surface area (Å²) in [5, 5.41) is 12.9. The molecule has 1 amide bonds. The van der Waals surface area contributed by atoms with Crippen molar-refractivity contribution in [3.63, 3.8) is 0 Å². The quantitative estimate of drug-likeness (QED) is 0.0526. The molecule has 1 aromatic rings. The van der Waals surface area contributed by atoms with Crippen LogP contribution in [0.15, 0.2) is 15.8 Å². The van der Waals surface area contributed by atoms with Crippen LogP contribution in [0.4, 0.5) is 0 Å². The van der Waals surface area contributed by atoms with Crippen molar-refractivity contribution in [2.24, 2.45) is 0 Å². The molecule has 308 valence electrons. The average molecular weight is 891 g/mol. The maximum absolute atomic E-state index is 12.2. The first kappa shape index (κ1) is 48.1. The molecule has 1 aliphatic rings. The summed E-state index contributed by atoms with van der Waals surface area (Å²) in [4.78, 5) is 95.0. The summed E-state index contributed by atoms with van der Waals surface area (Å²) in [6.07, 6.45) is -0.784. The molecule has 0 radical (unpaired) electrons. The van der Waals surface area contributed by atoms with Gasteiger partial charge in [0, 0.05) is 31.1 Å². The first-order valence-electron chi connectivity index (χ1n) is 14.9. The van der Waals surface area contributed by atoms with Crippen LogP contribution < -0.4 is 16.6 Å². The van der Waals surface area contributed by atoms with E-state index in [1.807, 2.05) is 11.9 Å². The number of nitrogens with zero attached hydrogens (tertiary/aromatic N) is 1. The van der Waals surface area contributed by atoms with Crippen LogP contribution in [0.3, 0.4) is 0 Å². The number of amides is 1. The van der Waals surface area contributed by atoms with E-state index < -0.39 is 89.8 Å². The van der Waals surface area contributed by atoms with E-state index in [0.717, 1.165) is 10.8 Å². The third-order valence-corrected chi connectivity index (χ3v) is 15.5. The number of aliphatic hydroxyl groups excluding tert-OH is 1. The van der Waals surface area contributed by atoms with Crippen molar-refractivity contribution >= 4 is 52.8 Å². The zero-order valence-electron chi connectivity index (χ0n) is 27.6. The number of phosphoric acid groups is 6. The summed E-state index contributed by atoms with van der Waals surface area (Å²) >= 11 is 0. The van der Waals surface area contributed by atoms with Crippen LogP contribution in [0.1, 0.15) is 63.7 Å². The van der Waals surface area contributed by atoms with Crippen molar-refractivity contribution in [2.75, 3.05) is 19.8 Å². The number of hydrogen-bond acceptors (Lipinski definition) is 18. The van der Waals surface area contributed by atoms with Crippen LogP contribution in [0.2, 0.25) is 0 Å². The Bertz CT molecular complexity index is 1830. The summed E-state index contributed by atoms with van der Waals surface area (Å²) in [6.45, 7) is 1.94. The minimum Gasteiger partial charge on any atom is -0.390 e. The van der Waals surface area contributed by atoms with Crippen molar-refractivity contribution in [2.45, 2.75) is 77.2 Å². The van der Waals surface area contributed by atoms with E-state index >= 15 is 0 Å². The van der Waals surface area contributed by atoms with Crippen molar-refractivity contribution in [3.05, 3.63) is 32.6 Å². The number of nitrogens with one attached hydrogen (secondary N) is 2. The number of rotatable bonds is 24. The predicted molar refractivity (Wildman–Crippen MR) is 173 cm³/mol. The van der Waals surface area contributed by atoms with Crippen molar-refractivity contribution < 1.29 is 102 Å². The second-order valence-electron chi connectivity index (χ2n) is 10.8. The molecule has 7 unspecified atom stereocenters. The van der Waals surface area contributed by atoms with Crippen LogP contribution >= 0.6 is 46.9 Å². The Morgan fingerprint density at radius 1 is 0.830 bits per heavy atom. The Morgan fingerprint density at radius 3 is 1.85 bits per heavy atom. The topological polar surface area (TPSA) is 402 Å². The molecule has 0 aromatic carbocycles. The standard InChI is InChI=1S/C20H39N3O24P6/c1-3-8-17(25)21-9-6-4-5-7-10-40-48(28,29)43-50(32,33)45-52(36,37)47-53(38,39)46-51(34,35)44-49(30,31)41-13-16-15(24)11-18(42-16)23-12-14(2)19(26)22-20(23)27/h12,15-16,18,24H,3-11,13H2,1-2H3,(H,21,25)(H,28,29)(H,30,31)(H,32,33)(H,34,35)(H,36,37)(H,38,39)(H,22,26,27)/t15?,16-,18-/m0/s1. The maximum Gasteiger partial charge on any atom is 0.490 e. The highest BCUT2D eigenvalue weighted by Gasteiger charge is 2.50. The highest BCUT2D eigenvalue weighted by molar-refractivity contribution is 7.72. The van der Waals surface area contributed by atoms with Gasteiger partial charge < -0.3 is 44.5 Å². The maximum atomic E-state index is 12.2. The Labute approximate surface area is 299 Å². The molecule has 1 fully saturated rings. The smallest absolute Gasteiger partial charge is 0.390 e. The van der Waals surface area contributed by atoms with E-state index in [0.29, 0.717) is 38.6 Å². The van der Waals surface area contributed by atoms with Gasteiger partial charge in [0.25, 0.3) is 5.56 Å². The van der Waals surface area contributed by atoms with E-state index in [1.165, 1.54) is 6.92 Å². The zero-order valence-corrected chi connectivity index (χ0v) is 32.9. The van der Waals surface area contributed by atoms with E-state index in [2.05, 4.69) is 35.9 Å². The number of aromatic nitrogens is 2. The molecule has 53 heavy (non-hydrogen) atoms. The molecule has 0 saturated carbocycles. The number of unbranched alkanes of at least 4 members (excludes halogenated alkanes) is 3. The van der Waals surface area contributed by atoms with Crippen molar-refractivity contribution in [1.82, 2.24) is 14.9 Å². The molecule has 1 saturated heterocycles. The zero-order chi connectivity index (χ0) is 40.5. The minimum absolute atomic E-state index is 0.0872. The van der Waals surface area contributed by atoms with Gasteiger partial charge in [-0.1, -0.05) is 19.8 Å². The van der Waals surface area contributed by atoms with E-state index in [-0.39, 0.29) is 24.3 Å². The lowest BCUT2D eigenvalue weighted by Crippen LogP contribution is -2.33. The fourth-order valence-electron chi connectivity index (χ4n) is 4.07. The van der Waals surface area contributed by atoms with Crippen LogP contribution in [-0.4, -0.2) is 81.9 Å². The fraction of sp³-hybridized carbons (Fsp3) is 0.750. The molecule has 2 heterocycles. The minimum atomic E-state index is -6.47. The first-order chi connectivity index (χ1) is 24.2. The second-order valence-corrected chi connectivity index (χ2v) is 20.2. The molecule has 1 aromatic heterocycles. The monoisotopic (exact) mass is 891 g/mol. The Morgan fingerprint density at radius 2 is 1.32 bits per heavy atom. The third kappa shape index (κ3) is 18.2. The summed E-state index contributed by atoms with van der Waals surface area (Å²) < 4.78 is 106. The summed E-state index contributed by atoms with van der Waals surface area (Å²) in [6, 6.07) is 0. The number of aryl methyl sites for hydroxylation is 1.